The Hall–Kier alpha value is -3.19. The van der Waals surface area contributed by atoms with Crippen molar-refractivity contribution >= 4 is 23.2 Å². The molecular weight excluding hydrogens is 458 g/mol. The van der Waals surface area contributed by atoms with Crippen LogP contribution < -0.4 is 10.1 Å². The summed E-state index contributed by atoms with van der Waals surface area (Å²) in [7, 11) is 0. The van der Waals surface area contributed by atoms with E-state index in [1.807, 2.05) is 41.3 Å². The van der Waals surface area contributed by atoms with Crippen molar-refractivity contribution in [1.82, 2.24) is 15.2 Å². The molecule has 2 fully saturated rings. The maximum absolute atomic E-state index is 13.9. The van der Waals surface area contributed by atoms with E-state index in [4.69, 9.17) is 9.72 Å². The fraction of sp³-hybridized carbons (Fsp3) is 0.393. The van der Waals surface area contributed by atoms with Gasteiger partial charge in [0.25, 0.3) is 11.8 Å². The van der Waals surface area contributed by atoms with Crippen LogP contribution in [0.2, 0.25) is 0 Å². The number of benzene rings is 2. The zero-order chi connectivity index (χ0) is 23.8. The van der Waals surface area contributed by atoms with Crippen molar-refractivity contribution in [3.63, 3.8) is 0 Å². The number of amides is 2. The lowest BCUT2D eigenvalue weighted by Gasteiger charge is -2.35. The van der Waals surface area contributed by atoms with Gasteiger partial charge in [-0.2, -0.15) is 0 Å². The molecular formula is C28H29N3O3S. The van der Waals surface area contributed by atoms with E-state index in [0.29, 0.717) is 36.9 Å². The molecule has 2 amide bonds. The zero-order valence-corrected chi connectivity index (χ0v) is 20.5. The summed E-state index contributed by atoms with van der Waals surface area (Å²) in [5.41, 5.74) is 3.26. The van der Waals surface area contributed by atoms with Gasteiger partial charge in [-0.1, -0.05) is 36.4 Å². The second-order valence-corrected chi connectivity index (χ2v) is 10.6. The van der Waals surface area contributed by atoms with Crippen LogP contribution in [0.5, 0.6) is 5.75 Å². The number of carbonyl (C=O) groups excluding carboxylic acids is 2. The van der Waals surface area contributed by atoms with E-state index < -0.39 is 0 Å². The van der Waals surface area contributed by atoms with Crippen LogP contribution in [0.15, 0.2) is 48.5 Å². The fourth-order valence-electron chi connectivity index (χ4n) is 5.13. The van der Waals surface area contributed by atoms with E-state index >= 15 is 0 Å². The highest BCUT2D eigenvalue weighted by atomic mass is 32.1. The number of nitrogens with one attached hydrogen (secondary N) is 1. The molecule has 6 nitrogen and oxygen atoms in total. The van der Waals surface area contributed by atoms with Crippen LogP contribution in [0.25, 0.3) is 10.4 Å². The molecule has 35 heavy (non-hydrogen) atoms. The second-order valence-electron chi connectivity index (χ2n) is 9.61. The van der Waals surface area contributed by atoms with Crippen molar-refractivity contribution in [2.24, 2.45) is 0 Å². The predicted octanol–water partition coefficient (Wildman–Crippen LogP) is 5.05. The van der Waals surface area contributed by atoms with Gasteiger partial charge in [0.1, 0.15) is 11.4 Å². The number of piperidine rings is 1. The van der Waals surface area contributed by atoms with Crippen LogP contribution in [0.3, 0.4) is 0 Å². The molecule has 1 N–H and O–H groups in total. The molecule has 7 heteroatoms. The van der Waals surface area contributed by atoms with Gasteiger partial charge in [-0.15, -0.1) is 11.3 Å². The average molecular weight is 488 g/mol. The number of aromatic nitrogens is 1. The molecule has 0 radical (unpaired) electrons. The SMILES string of the molecule is O=C(NC[C@@H]1CCCCN1C(=O)c1nc(C2CC2)sc1-c1ccccc1)c1cccc2c1CCO2. The monoisotopic (exact) mass is 487 g/mol. The molecule has 3 aliphatic rings. The third-order valence-electron chi connectivity index (χ3n) is 7.18. The molecule has 180 valence electrons. The number of thiazole rings is 1. The molecule has 1 atom stereocenters. The Bertz CT molecular complexity index is 1250. The molecule has 1 aliphatic carbocycles. The average Bonchev–Trinajstić information content (AvgIpc) is 3.46. The number of rotatable bonds is 6. The van der Waals surface area contributed by atoms with Gasteiger partial charge < -0.3 is 15.0 Å². The number of hydrogen-bond acceptors (Lipinski definition) is 5. The quantitative estimate of drug-likeness (QED) is 0.528. The second kappa shape index (κ2) is 9.46. The van der Waals surface area contributed by atoms with Crippen molar-refractivity contribution in [2.75, 3.05) is 19.7 Å². The van der Waals surface area contributed by atoms with Gasteiger partial charge in [-0.05, 0) is 49.8 Å². The number of carbonyl (C=O) groups is 2. The summed E-state index contributed by atoms with van der Waals surface area (Å²) < 4.78 is 5.61. The van der Waals surface area contributed by atoms with E-state index in [1.165, 1.54) is 0 Å². The summed E-state index contributed by atoms with van der Waals surface area (Å²) in [6.45, 7) is 1.75. The lowest BCUT2D eigenvalue weighted by atomic mass is 10.00. The first-order valence-electron chi connectivity index (χ1n) is 12.6. The van der Waals surface area contributed by atoms with Crippen molar-refractivity contribution < 1.29 is 14.3 Å². The number of ether oxygens (including phenoxy) is 1. The number of nitrogens with zero attached hydrogens (tertiary/aromatic N) is 2. The smallest absolute Gasteiger partial charge is 0.274 e. The van der Waals surface area contributed by atoms with Crippen LogP contribution in [-0.2, 0) is 6.42 Å². The Morgan fingerprint density at radius 3 is 2.74 bits per heavy atom. The van der Waals surface area contributed by atoms with E-state index in [-0.39, 0.29) is 17.9 Å². The summed E-state index contributed by atoms with van der Waals surface area (Å²) in [4.78, 5) is 34.7. The van der Waals surface area contributed by atoms with Crippen LogP contribution in [0.4, 0.5) is 0 Å². The van der Waals surface area contributed by atoms with Crippen LogP contribution >= 0.6 is 11.3 Å². The highest BCUT2D eigenvalue weighted by Gasteiger charge is 2.34. The number of likely N-dealkylation sites (tertiary alicyclic amines) is 1. The molecule has 1 saturated heterocycles. The standard InChI is InChI=1S/C28H29N3O3S/c32-26(22-10-6-11-23-21(22)14-16-34-23)29-17-20-9-4-5-15-31(20)28(33)24-25(18-7-2-1-3-8-18)35-27(30-24)19-12-13-19/h1-3,6-8,10-11,19-20H,4-5,9,12-17H2,(H,29,32)/t20-/m0/s1. The Kier molecular flexibility index (Phi) is 6.02. The first-order chi connectivity index (χ1) is 17.2. The number of hydrogen-bond donors (Lipinski definition) is 1. The summed E-state index contributed by atoms with van der Waals surface area (Å²) in [5, 5.41) is 4.19. The minimum Gasteiger partial charge on any atom is -0.493 e. The lowest BCUT2D eigenvalue weighted by molar-refractivity contribution is 0.0598. The Morgan fingerprint density at radius 2 is 1.91 bits per heavy atom. The first-order valence-corrected chi connectivity index (χ1v) is 13.4. The summed E-state index contributed by atoms with van der Waals surface area (Å²) in [6.07, 6.45) is 5.96. The minimum absolute atomic E-state index is 0.0139. The van der Waals surface area contributed by atoms with Gasteiger partial charge in [0.05, 0.1) is 16.5 Å². The fourth-order valence-corrected chi connectivity index (χ4v) is 6.36. The van der Waals surface area contributed by atoms with Crippen molar-refractivity contribution in [3.05, 3.63) is 70.4 Å². The van der Waals surface area contributed by atoms with Crippen LogP contribution in [0.1, 0.15) is 69.4 Å². The number of fused-ring (bicyclic) bond motifs is 1. The maximum atomic E-state index is 13.9. The highest BCUT2D eigenvalue weighted by molar-refractivity contribution is 7.15. The van der Waals surface area contributed by atoms with Crippen LogP contribution in [-0.4, -0.2) is 47.4 Å². The molecule has 6 rings (SSSR count). The normalized spacial score (nSPS) is 19.2. The molecule has 3 aromatic rings. The summed E-state index contributed by atoms with van der Waals surface area (Å²) in [6, 6.07) is 15.7. The van der Waals surface area contributed by atoms with Crippen molar-refractivity contribution in [1.29, 1.82) is 0 Å². The Morgan fingerprint density at radius 1 is 1.06 bits per heavy atom. The van der Waals surface area contributed by atoms with Gasteiger partial charge in [0, 0.05) is 42.6 Å². The molecule has 0 bridgehead atoms. The van der Waals surface area contributed by atoms with E-state index in [1.54, 1.807) is 11.3 Å². The third-order valence-corrected chi connectivity index (χ3v) is 8.45. The molecule has 2 aromatic carbocycles. The zero-order valence-electron chi connectivity index (χ0n) is 19.7. The molecule has 1 saturated carbocycles. The molecule has 0 unspecified atom stereocenters. The van der Waals surface area contributed by atoms with Crippen LogP contribution in [0, 0.1) is 0 Å². The highest BCUT2D eigenvalue weighted by Crippen LogP contribution is 2.45. The Balaban J connectivity index is 1.22. The predicted molar refractivity (Wildman–Crippen MR) is 136 cm³/mol. The first kappa shape index (κ1) is 22.3. The van der Waals surface area contributed by atoms with Gasteiger partial charge in [-0.3, -0.25) is 9.59 Å². The van der Waals surface area contributed by atoms with Gasteiger partial charge >= 0.3 is 0 Å². The molecule has 0 spiro atoms. The molecule has 3 heterocycles. The van der Waals surface area contributed by atoms with E-state index in [2.05, 4.69) is 17.4 Å². The van der Waals surface area contributed by atoms with Crippen molar-refractivity contribution in [3.8, 4) is 16.2 Å². The Labute approximate surface area is 209 Å². The lowest BCUT2D eigenvalue weighted by Crippen LogP contribution is -2.49. The van der Waals surface area contributed by atoms with Crippen molar-refractivity contribution in [2.45, 2.75) is 50.5 Å². The van der Waals surface area contributed by atoms with E-state index in [9.17, 15) is 9.59 Å². The topological polar surface area (TPSA) is 71.5 Å². The maximum Gasteiger partial charge on any atom is 0.274 e. The largest absolute Gasteiger partial charge is 0.493 e. The molecule has 1 aromatic heterocycles. The minimum atomic E-state index is -0.0972. The summed E-state index contributed by atoms with van der Waals surface area (Å²) in [5.74, 6) is 1.19. The van der Waals surface area contributed by atoms with Gasteiger partial charge in [-0.25, -0.2) is 4.98 Å². The molecule has 2 aliphatic heterocycles. The van der Waals surface area contributed by atoms with E-state index in [0.717, 1.165) is 65.3 Å². The summed E-state index contributed by atoms with van der Waals surface area (Å²) >= 11 is 1.66. The van der Waals surface area contributed by atoms with Gasteiger partial charge in [0.2, 0.25) is 0 Å². The van der Waals surface area contributed by atoms with Gasteiger partial charge in [0.15, 0.2) is 0 Å². The third kappa shape index (κ3) is 4.45.